The fourth-order valence-electron chi connectivity index (χ4n) is 2.46. The molecule has 0 fully saturated rings. The first-order chi connectivity index (χ1) is 12.1. The molecule has 136 valence electrons. The van der Waals surface area contributed by atoms with E-state index in [-0.39, 0.29) is 15.5 Å². The quantitative estimate of drug-likeness (QED) is 0.827. The molecular weight excluding hydrogens is 385 g/mol. The number of hydrogen-bond donors (Lipinski definition) is 2. The van der Waals surface area contributed by atoms with Crippen LogP contribution in [0.5, 0.6) is 0 Å². The zero-order valence-electron chi connectivity index (χ0n) is 13.4. The topological polar surface area (TPSA) is 92.7 Å². The van der Waals surface area contributed by atoms with Crippen LogP contribution in [-0.4, -0.2) is 19.3 Å². The van der Waals surface area contributed by atoms with Crippen molar-refractivity contribution in [3.05, 3.63) is 76.6 Å². The summed E-state index contributed by atoms with van der Waals surface area (Å²) in [6, 6.07) is 10.9. The van der Waals surface area contributed by atoms with Crippen molar-refractivity contribution in [3.8, 4) is 0 Å². The molecule has 3 rings (SSSR count). The molecule has 2 aromatic rings. The van der Waals surface area contributed by atoms with Crippen molar-refractivity contribution in [3.63, 3.8) is 0 Å². The molecule has 0 aliphatic carbocycles. The minimum atomic E-state index is -4.08. The minimum absolute atomic E-state index is 0.0743. The summed E-state index contributed by atoms with van der Waals surface area (Å²) in [5.74, 6) is -3.06. The summed E-state index contributed by atoms with van der Waals surface area (Å²) in [6.07, 6.45) is 0. The number of hydrogen-bond acceptors (Lipinski definition) is 5. The maximum Gasteiger partial charge on any atom is 0.264 e. The third-order valence-corrected chi connectivity index (χ3v) is 5.56. The molecule has 0 radical (unpaired) electrons. The van der Waals surface area contributed by atoms with Crippen LogP contribution in [0.4, 0.5) is 4.39 Å². The van der Waals surface area contributed by atoms with Crippen molar-refractivity contribution in [1.82, 2.24) is 4.72 Å². The Kier molecular flexibility index (Phi) is 4.41. The van der Waals surface area contributed by atoms with Crippen LogP contribution >= 0.6 is 11.6 Å². The molecule has 1 aliphatic heterocycles. The summed E-state index contributed by atoms with van der Waals surface area (Å²) in [6.45, 7) is 1.32. The number of benzene rings is 2. The Morgan fingerprint density at radius 1 is 1.19 bits per heavy atom. The van der Waals surface area contributed by atoms with Crippen LogP contribution in [-0.2, 0) is 25.2 Å². The highest BCUT2D eigenvalue weighted by Gasteiger charge is 2.49. The van der Waals surface area contributed by atoms with Crippen LogP contribution in [0.2, 0.25) is 5.02 Å². The standard InChI is InChI=1S/C17H13ClFNO5S/c1-17(10-7-8-13(19)12(18)9-10)15(22)14(21)16(25-17)20-26(23,24)11-5-3-2-4-6-11/h2-9,20-21H,1H3. The molecule has 0 spiro atoms. The van der Waals surface area contributed by atoms with Gasteiger partial charge in [-0.1, -0.05) is 35.9 Å². The van der Waals surface area contributed by atoms with Gasteiger partial charge in [0.2, 0.25) is 11.6 Å². The average Bonchev–Trinajstić information content (AvgIpc) is 2.82. The fraction of sp³-hybridized carbons (Fsp3) is 0.118. The van der Waals surface area contributed by atoms with E-state index in [1.54, 1.807) is 6.07 Å². The van der Waals surface area contributed by atoms with Crippen molar-refractivity contribution >= 4 is 27.4 Å². The Balaban J connectivity index is 1.94. The summed E-state index contributed by atoms with van der Waals surface area (Å²) >= 11 is 5.73. The first-order valence-electron chi connectivity index (χ1n) is 7.35. The molecule has 6 nitrogen and oxygen atoms in total. The molecule has 1 unspecified atom stereocenters. The molecule has 1 heterocycles. The van der Waals surface area contributed by atoms with E-state index in [9.17, 15) is 22.7 Å². The van der Waals surface area contributed by atoms with Crippen LogP contribution < -0.4 is 4.72 Å². The van der Waals surface area contributed by atoms with Gasteiger partial charge in [0.05, 0.1) is 9.92 Å². The molecule has 2 aromatic carbocycles. The number of ether oxygens (including phenoxy) is 1. The number of Topliss-reactive ketones (excluding diaryl/α,β-unsaturated/α-hetero) is 1. The lowest BCUT2D eigenvalue weighted by atomic mass is 9.91. The fourth-order valence-corrected chi connectivity index (χ4v) is 3.66. The van der Waals surface area contributed by atoms with E-state index in [1.807, 2.05) is 0 Å². The number of carbonyl (C=O) groups excluding carboxylic acids is 1. The predicted molar refractivity (Wildman–Crippen MR) is 91.3 cm³/mol. The van der Waals surface area contributed by atoms with Gasteiger partial charge in [0.25, 0.3) is 15.8 Å². The second-order valence-corrected chi connectivity index (χ2v) is 7.78. The van der Waals surface area contributed by atoms with Gasteiger partial charge in [0, 0.05) is 5.56 Å². The molecule has 0 amide bonds. The van der Waals surface area contributed by atoms with E-state index in [1.165, 1.54) is 43.3 Å². The number of aliphatic hydroxyl groups excluding tert-OH is 1. The van der Waals surface area contributed by atoms with Gasteiger partial charge in [0.1, 0.15) is 5.82 Å². The van der Waals surface area contributed by atoms with Gasteiger partial charge >= 0.3 is 0 Å². The van der Waals surface area contributed by atoms with Crippen LogP contribution in [0.3, 0.4) is 0 Å². The first-order valence-corrected chi connectivity index (χ1v) is 9.22. The highest BCUT2D eigenvalue weighted by atomic mass is 35.5. The van der Waals surface area contributed by atoms with E-state index in [0.29, 0.717) is 0 Å². The number of halogens is 2. The second-order valence-electron chi connectivity index (χ2n) is 5.69. The van der Waals surface area contributed by atoms with Gasteiger partial charge in [0.15, 0.2) is 5.60 Å². The zero-order chi connectivity index (χ0) is 19.1. The summed E-state index contributed by atoms with van der Waals surface area (Å²) in [5.41, 5.74) is -1.59. The van der Waals surface area contributed by atoms with Gasteiger partial charge in [-0.05, 0) is 31.2 Å². The van der Waals surface area contributed by atoms with E-state index in [4.69, 9.17) is 16.3 Å². The molecule has 1 aliphatic rings. The smallest absolute Gasteiger partial charge is 0.264 e. The van der Waals surface area contributed by atoms with Crippen molar-refractivity contribution in [2.45, 2.75) is 17.4 Å². The molecular formula is C17H13ClFNO5S. The zero-order valence-corrected chi connectivity index (χ0v) is 14.9. The highest BCUT2D eigenvalue weighted by Crippen LogP contribution is 2.38. The molecule has 1 atom stereocenters. The molecule has 2 N–H and O–H groups in total. The number of aliphatic hydroxyl groups is 1. The molecule has 0 bridgehead atoms. The van der Waals surface area contributed by atoms with Crippen LogP contribution in [0, 0.1) is 5.82 Å². The van der Waals surface area contributed by atoms with E-state index < -0.39 is 38.9 Å². The Hall–Kier alpha value is -2.58. The summed E-state index contributed by atoms with van der Waals surface area (Å²) in [5, 5.41) is 9.82. The monoisotopic (exact) mass is 397 g/mol. The molecule has 0 saturated carbocycles. The first kappa shape index (κ1) is 18.2. The van der Waals surface area contributed by atoms with Crippen LogP contribution in [0.25, 0.3) is 0 Å². The molecule has 9 heteroatoms. The minimum Gasteiger partial charge on any atom is -0.501 e. The number of carbonyl (C=O) groups is 1. The Morgan fingerprint density at radius 2 is 1.85 bits per heavy atom. The van der Waals surface area contributed by atoms with Gasteiger partial charge in [-0.2, -0.15) is 0 Å². The lowest BCUT2D eigenvalue weighted by Crippen LogP contribution is -2.32. The highest BCUT2D eigenvalue weighted by molar-refractivity contribution is 7.89. The van der Waals surface area contributed by atoms with Gasteiger partial charge in [-0.25, -0.2) is 17.5 Å². The molecule has 26 heavy (non-hydrogen) atoms. The Labute approximate surface area is 153 Å². The summed E-state index contributed by atoms with van der Waals surface area (Å²) in [7, 11) is -4.08. The van der Waals surface area contributed by atoms with Gasteiger partial charge in [-0.15, -0.1) is 0 Å². The third kappa shape index (κ3) is 3.02. The van der Waals surface area contributed by atoms with Gasteiger partial charge in [-0.3, -0.25) is 4.79 Å². The maximum atomic E-state index is 13.4. The number of nitrogens with one attached hydrogen (secondary N) is 1. The molecule has 0 aromatic heterocycles. The predicted octanol–water partition coefficient (Wildman–Crippen LogP) is 3.00. The Morgan fingerprint density at radius 3 is 2.46 bits per heavy atom. The number of ketones is 1. The summed E-state index contributed by atoms with van der Waals surface area (Å²) < 4.78 is 45.6. The van der Waals surface area contributed by atoms with Gasteiger partial charge < -0.3 is 9.84 Å². The second kappa shape index (κ2) is 6.30. The van der Waals surface area contributed by atoms with Crippen LogP contribution in [0.1, 0.15) is 12.5 Å². The summed E-state index contributed by atoms with van der Waals surface area (Å²) in [4.78, 5) is 12.4. The van der Waals surface area contributed by atoms with Crippen LogP contribution in [0.15, 0.2) is 65.1 Å². The van der Waals surface area contributed by atoms with Crippen molar-refractivity contribution in [2.24, 2.45) is 0 Å². The third-order valence-electron chi connectivity index (χ3n) is 3.92. The van der Waals surface area contributed by atoms with Crippen molar-refractivity contribution in [1.29, 1.82) is 0 Å². The Bertz CT molecular complexity index is 1020. The lowest BCUT2D eigenvalue weighted by molar-refractivity contribution is -0.131. The largest absolute Gasteiger partial charge is 0.501 e. The number of rotatable bonds is 4. The normalized spacial score (nSPS) is 20.2. The van der Waals surface area contributed by atoms with Crippen molar-refractivity contribution in [2.75, 3.05) is 0 Å². The molecule has 0 saturated heterocycles. The van der Waals surface area contributed by atoms with Crippen molar-refractivity contribution < 1.29 is 27.4 Å². The average molecular weight is 398 g/mol. The maximum absolute atomic E-state index is 13.4. The van der Waals surface area contributed by atoms with E-state index >= 15 is 0 Å². The number of sulfonamides is 1. The van der Waals surface area contributed by atoms with E-state index in [2.05, 4.69) is 4.72 Å². The SMILES string of the molecule is CC1(c2ccc(F)c(Cl)c2)OC(NS(=O)(=O)c2ccccc2)=C(O)C1=O. The van der Waals surface area contributed by atoms with E-state index in [0.717, 1.165) is 6.07 Å². The lowest BCUT2D eigenvalue weighted by Gasteiger charge is -2.24.